The fraction of sp³-hybridized carbons (Fsp3) is 0.296. The van der Waals surface area contributed by atoms with Crippen LogP contribution in [0, 0.1) is 17.5 Å². The number of amides is 3. The standard InChI is InChI=1S/C27H27ClF3N4O3P/c1-3-39(38,4-2)23-10-6-5-8-18(23)16-12-19(29)24(20(30)13-16)35-11-7-9-22(26(35)36)33-27(37)34-25-21(31)14-17(28)15-32-25/h5-6,8,10,12-15,22H,3-4,7,9,11H2,1-2H3,(H2,32,33,34,37)/t22-/m1/s1. The van der Waals surface area contributed by atoms with Gasteiger partial charge in [0.05, 0.1) is 5.02 Å². The number of hydrogen-bond acceptors (Lipinski definition) is 4. The van der Waals surface area contributed by atoms with E-state index in [9.17, 15) is 18.5 Å². The lowest BCUT2D eigenvalue weighted by Crippen LogP contribution is -2.53. The third-order valence-electron chi connectivity index (χ3n) is 6.75. The molecule has 1 aromatic heterocycles. The average molecular weight is 579 g/mol. The van der Waals surface area contributed by atoms with Gasteiger partial charge < -0.3 is 14.8 Å². The van der Waals surface area contributed by atoms with Gasteiger partial charge >= 0.3 is 6.03 Å². The number of benzene rings is 2. The zero-order valence-corrected chi connectivity index (χ0v) is 23.0. The number of nitrogens with one attached hydrogen (secondary N) is 2. The molecule has 2 N–H and O–H groups in total. The molecular weight excluding hydrogens is 552 g/mol. The fourth-order valence-electron chi connectivity index (χ4n) is 4.66. The molecule has 1 fully saturated rings. The first-order valence-electron chi connectivity index (χ1n) is 12.4. The largest absolute Gasteiger partial charge is 0.326 e. The van der Waals surface area contributed by atoms with Crippen LogP contribution in [0.15, 0.2) is 48.7 Å². The molecular formula is C27H27ClF3N4O3P. The van der Waals surface area contributed by atoms with Crippen LogP contribution in [0.25, 0.3) is 11.1 Å². The van der Waals surface area contributed by atoms with Crippen molar-refractivity contribution in [1.82, 2.24) is 10.3 Å². The number of urea groups is 1. The highest BCUT2D eigenvalue weighted by Gasteiger charge is 2.34. The summed E-state index contributed by atoms with van der Waals surface area (Å²) in [6.07, 6.45) is 2.54. The lowest BCUT2D eigenvalue weighted by atomic mass is 10.0. The van der Waals surface area contributed by atoms with Crippen LogP contribution in [0.1, 0.15) is 26.7 Å². The number of rotatable bonds is 7. The summed E-state index contributed by atoms with van der Waals surface area (Å²) in [5.74, 6) is -3.90. The Labute approximate surface area is 229 Å². The van der Waals surface area contributed by atoms with Crippen molar-refractivity contribution in [1.29, 1.82) is 0 Å². The lowest BCUT2D eigenvalue weighted by molar-refractivity contribution is -0.121. The Morgan fingerprint density at radius 1 is 1.10 bits per heavy atom. The molecule has 12 heteroatoms. The summed E-state index contributed by atoms with van der Waals surface area (Å²) in [7, 11) is -2.76. The number of nitrogens with zero attached hydrogens (tertiary/aromatic N) is 2. The molecule has 206 valence electrons. The maximum atomic E-state index is 15.4. The molecule has 39 heavy (non-hydrogen) atoms. The Morgan fingerprint density at radius 2 is 1.77 bits per heavy atom. The number of carbonyl (C=O) groups is 2. The maximum Gasteiger partial charge on any atom is 0.321 e. The molecule has 0 unspecified atom stereocenters. The third-order valence-corrected chi connectivity index (χ3v) is 10.3. The van der Waals surface area contributed by atoms with Crippen molar-refractivity contribution in [2.24, 2.45) is 0 Å². The van der Waals surface area contributed by atoms with Gasteiger partial charge in [-0.05, 0) is 42.2 Å². The van der Waals surface area contributed by atoms with Crippen LogP contribution >= 0.6 is 18.7 Å². The first-order chi connectivity index (χ1) is 18.6. The first-order valence-corrected chi connectivity index (χ1v) is 14.9. The quantitative estimate of drug-likeness (QED) is 0.328. The van der Waals surface area contributed by atoms with Gasteiger partial charge in [-0.3, -0.25) is 10.1 Å². The second-order valence-electron chi connectivity index (χ2n) is 9.09. The molecule has 1 atom stereocenters. The molecule has 3 amide bonds. The number of anilines is 2. The van der Waals surface area contributed by atoms with Gasteiger partial charge in [0.2, 0.25) is 5.91 Å². The number of piperidine rings is 1. The predicted molar refractivity (Wildman–Crippen MR) is 147 cm³/mol. The molecule has 1 aliphatic rings. The lowest BCUT2D eigenvalue weighted by Gasteiger charge is -2.33. The molecule has 7 nitrogen and oxygen atoms in total. The van der Waals surface area contributed by atoms with Gasteiger partial charge in [0.1, 0.15) is 18.9 Å². The van der Waals surface area contributed by atoms with Crippen LogP contribution in [0.5, 0.6) is 0 Å². The highest BCUT2D eigenvalue weighted by atomic mass is 35.5. The van der Waals surface area contributed by atoms with E-state index in [1.165, 1.54) is 0 Å². The van der Waals surface area contributed by atoms with E-state index in [1.807, 2.05) is 13.8 Å². The molecule has 1 saturated heterocycles. The number of pyridine rings is 1. The van der Waals surface area contributed by atoms with Crippen molar-refractivity contribution >= 4 is 47.5 Å². The second-order valence-corrected chi connectivity index (χ2v) is 13.1. The summed E-state index contributed by atoms with van der Waals surface area (Å²) in [5.41, 5.74) is 0.147. The van der Waals surface area contributed by atoms with Crippen molar-refractivity contribution in [3.8, 4) is 11.1 Å². The highest BCUT2D eigenvalue weighted by Crippen LogP contribution is 2.46. The molecule has 2 heterocycles. The van der Waals surface area contributed by atoms with Crippen molar-refractivity contribution in [2.45, 2.75) is 32.7 Å². The number of halogens is 4. The van der Waals surface area contributed by atoms with Crippen LogP contribution in [0.4, 0.5) is 29.5 Å². The average Bonchev–Trinajstić information content (AvgIpc) is 2.91. The van der Waals surface area contributed by atoms with E-state index in [-0.39, 0.29) is 29.4 Å². The third kappa shape index (κ3) is 5.97. The van der Waals surface area contributed by atoms with Crippen molar-refractivity contribution in [3.05, 3.63) is 71.1 Å². The van der Waals surface area contributed by atoms with Crippen molar-refractivity contribution < 1.29 is 27.3 Å². The van der Waals surface area contributed by atoms with Crippen LogP contribution in [0.2, 0.25) is 5.02 Å². The molecule has 0 spiro atoms. The van der Waals surface area contributed by atoms with Gasteiger partial charge in [-0.15, -0.1) is 0 Å². The van der Waals surface area contributed by atoms with Crippen LogP contribution in [-0.2, 0) is 9.36 Å². The Kier molecular flexibility index (Phi) is 8.67. The number of carbonyl (C=O) groups excluding carboxylic acids is 2. The monoisotopic (exact) mass is 578 g/mol. The van der Waals surface area contributed by atoms with Crippen LogP contribution in [0.3, 0.4) is 0 Å². The number of hydrogen-bond donors (Lipinski definition) is 2. The zero-order valence-electron chi connectivity index (χ0n) is 21.3. The Bertz CT molecular complexity index is 1440. The predicted octanol–water partition coefficient (Wildman–Crippen LogP) is 6.16. The second kappa shape index (κ2) is 11.8. The fourth-order valence-corrected chi connectivity index (χ4v) is 6.93. The molecule has 0 bridgehead atoms. The normalized spacial score (nSPS) is 15.8. The van der Waals surface area contributed by atoms with Gasteiger partial charge in [-0.1, -0.05) is 49.7 Å². The molecule has 0 aliphatic carbocycles. The van der Waals surface area contributed by atoms with E-state index in [0.29, 0.717) is 29.6 Å². The summed E-state index contributed by atoms with van der Waals surface area (Å²) >= 11 is 5.66. The molecule has 4 rings (SSSR count). The summed E-state index contributed by atoms with van der Waals surface area (Å²) in [6.45, 7) is 3.68. The minimum Gasteiger partial charge on any atom is -0.326 e. The van der Waals surface area contributed by atoms with E-state index in [0.717, 1.165) is 29.3 Å². The summed E-state index contributed by atoms with van der Waals surface area (Å²) < 4.78 is 58.3. The molecule has 3 aromatic rings. The minimum absolute atomic E-state index is 0.0383. The van der Waals surface area contributed by atoms with Crippen LogP contribution < -0.4 is 20.8 Å². The Balaban J connectivity index is 1.58. The van der Waals surface area contributed by atoms with E-state index in [1.54, 1.807) is 24.3 Å². The summed E-state index contributed by atoms with van der Waals surface area (Å²) in [5, 5.41) is 5.21. The summed E-state index contributed by atoms with van der Waals surface area (Å²) in [6, 6.07) is 8.04. The smallest absolute Gasteiger partial charge is 0.321 e. The van der Waals surface area contributed by atoms with E-state index in [2.05, 4.69) is 15.6 Å². The summed E-state index contributed by atoms with van der Waals surface area (Å²) in [4.78, 5) is 30.2. The van der Waals surface area contributed by atoms with Gasteiger partial charge in [0.25, 0.3) is 0 Å². The maximum absolute atomic E-state index is 15.4. The van der Waals surface area contributed by atoms with Gasteiger partial charge in [0, 0.05) is 30.4 Å². The number of aromatic nitrogens is 1. The van der Waals surface area contributed by atoms with Crippen molar-refractivity contribution in [2.75, 3.05) is 29.1 Å². The Hall–Kier alpha value is -3.36. The Morgan fingerprint density at radius 3 is 2.41 bits per heavy atom. The molecule has 0 radical (unpaired) electrons. The molecule has 2 aromatic carbocycles. The topological polar surface area (TPSA) is 91.4 Å². The minimum atomic E-state index is -2.76. The highest BCUT2D eigenvalue weighted by molar-refractivity contribution is 7.71. The SMILES string of the molecule is CCP(=O)(CC)c1ccccc1-c1cc(F)c(N2CCC[C@@H](NC(=O)Nc3ncc(Cl)cc3F)C2=O)c(F)c1. The van der Waals surface area contributed by atoms with Gasteiger partial charge in [-0.2, -0.15) is 0 Å². The van der Waals surface area contributed by atoms with E-state index >= 15 is 8.78 Å². The first kappa shape index (κ1) is 28.6. The van der Waals surface area contributed by atoms with E-state index in [4.69, 9.17) is 11.6 Å². The van der Waals surface area contributed by atoms with Gasteiger partial charge in [0.15, 0.2) is 23.3 Å². The molecule has 0 saturated carbocycles. The molecule has 1 aliphatic heterocycles. The van der Waals surface area contributed by atoms with Gasteiger partial charge in [-0.25, -0.2) is 22.9 Å². The zero-order chi connectivity index (χ0) is 28.3. The van der Waals surface area contributed by atoms with Crippen LogP contribution in [-0.4, -0.2) is 41.8 Å². The van der Waals surface area contributed by atoms with Crippen molar-refractivity contribution in [3.63, 3.8) is 0 Å². The van der Waals surface area contributed by atoms with E-state index < -0.39 is 48.3 Å².